The van der Waals surface area contributed by atoms with E-state index in [0.717, 1.165) is 56.5 Å². The number of benzene rings is 3. The lowest BCUT2D eigenvalue weighted by Crippen LogP contribution is -2.48. The fraction of sp³-hybridized carbons (Fsp3) is 0.389. The number of rotatable bonds is 8. The molecule has 12 heteroatoms. The van der Waals surface area contributed by atoms with E-state index in [1.165, 1.54) is 29.9 Å². The standard InChI is InChI=1S/C36H41FN4O4.O2S/c1-24-4-5-26(18-25(24)2)22-40-14-16-41(17-15-40)36(43)28-7-9-32-29(20-28)21-34(45-32)35(42)38-30-10-12-39(13-11-30)23-27-6-8-33(44-3)31(37)19-27;1-3-2/h4-9,18-21,30H,10-17,22-23H2,1-3H3,(H,38,42);. The second kappa shape index (κ2) is 16.1. The molecule has 3 aromatic carbocycles. The minimum absolute atomic E-state index is 0.000861. The van der Waals surface area contributed by atoms with Crippen LogP contribution >= 0.6 is 0 Å². The Kier molecular flexibility index (Phi) is 11.7. The summed E-state index contributed by atoms with van der Waals surface area (Å²) in [4.78, 5) is 33.0. The highest BCUT2D eigenvalue weighted by Gasteiger charge is 2.25. The smallest absolute Gasteiger partial charge is 0.335 e. The third kappa shape index (κ3) is 8.74. The van der Waals surface area contributed by atoms with E-state index in [2.05, 4.69) is 47.2 Å². The second-order valence-electron chi connectivity index (χ2n) is 12.4. The third-order valence-corrected chi connectivity index (χ3v) is 9.17. The van der Waals surface area contributed by atoms with Crippen LogP contribution in [0.15, 0.2) is 65.1 Å². The number of nitrogens with one attached hydrogen (secondary N) is 1. The van der Waals surface area contributed by atoms with Crippen LogP contribution in [0.5, 0.6) is 5.75 Å². The van der Waals surface area contributed by atoms with Gasteiger partial charge in [-0.25, -0.2) is 4.39 Å². The van der Waals surface area contributed by atoms with Gasteiger partial charge in [-0.2, -0.15) is 8.42 Å². The molecule has 0 bridgehead atoms. The van der Waals surface area contributed by atoms with Gasteiger partial charge in [0.05, 0.1) is 7.11 Å². The highest BCUT2D eigenvalue weighted by atomic mass is 32.1. The lowest BCUT2D eigenvalue weighted by atomic mass is 10.0. The molecule has 254 valence electrons. The quantitative estimate of drug-likeness (QED) is 0.281. The lowest BCUT2D eigenvalue weighted by molar-refractivity contribution is 0.0628. The maximum Gasteiger partial charge on any atom is 0.335 e. The molecule has 2 fully saturated rings. The number of carbonyl (C=O) groups excluding carboxylic acids is 2. The molecule has 0 spiro atoms. The lowest BCUT2D eigenvalue weighted by Gasteiger charge is -2.35. The third-order valence-electron chi connectivity index (χ3n) is 9.17. The van der Waals surface area contributed by atoms with Crippen LogP contribution in [0, 0.1) is 19.7 Å². The summed E-state index contributed by atoms with van der Waals surface area (Å²) in [6, 6.07) is 18.8. The minimum atomic E-state index is -0.750. The second-order valence-corrected chi connectivity index (χ2v) is 12.5. The predicted molar refractivity (Wildman–Crippen MR) is 181 cm³/mol. The van der Waals surface area contributed by atoms with Gasteiger partial charge in [0.25, 0.3) is 11.8 Å². The van der Waals surface area contributed by atoms with Crippen LogP contribution in [0.25, 0.3) is 11.0 Å². The molecule has 1 aromatic heterocycles. The van der Waals surface area contributed by atoms with Gasteiger partial charge < -0.3 is 19.4 Å². The van der Waals surface area contributed by atoms with E-state index < -0.39 is 11.6 Å². The Hall–Kier alpha value is -4.39. The number of piperazine rings is 1. The Morgan fingerprint density at radius 2 is 1.50 bits per heavy atom. The first-order valence-corrected chi connectivity index (χ1v) is 16.7. The molecule has 0 radical (unpaired) electrons. The molecule has 10 nitrogen and oxygen atoms in total. The van der Waals surface area contributed by atoms with Crippen molar-refractivity contribution >= 4 is 34.4 Å². The molecule has 2 aliphatic heterocycles. The van der Waals surface area contributed by atoms with Gasteiger partial charge in [-0.1, -0.05) is 24.3 Å². The van der Waals surface area contributed by atoms with Crippen LogP contribution < -0.4 is 10.1 Å². The fourth-order valence-electron chi connectivity index (χ4n) is 6.30. The number of ether oxygens (including phenoxy) is 1. The van der Waals surface area contributed by atoms with Crippen LogP contribution in [0.4, 0.5) is 4.39 Å². The van der Waals surface area contributed by atoms with E-state index in [4.69, 9.17) is 17.6 Å². The predicted octanol–water partition coefficient (Wildman–Crippen LogP) is 4.88. The van der Waals surface area contributed by atoms with Gasteiger partial charge in [0, 0.05) is 69.3 Å². The number of aryl methyl sites for hydroxylation is 2. The summed E-state index contributed by atoms with van der Waals surface area (Å²) in [5.74, 6) is -0.131. The number of methoxy groups -OCH3 is 1. The molecule has 48 heavy (non-hydrogen) atoms. The van der Waals surface area contributed by atoms with Crippen molar-refractivity contribution in [1.82, 2.24) is 20.0 Å². The molecule has 4 aromatic rings. The summed E-state index contributed by atoms with van der Waals surface area (Å²) >= 11 is -0.750. The van der Waals surface area contributed by atoms with E-state index in [1.54, 1.807) is 24.3 Å². The number of hydrogen-bond donors (Lipinski definition) is 1. The van der Waals surface area contributed by atoms with Crippen LogP contribution in [-0.2, 0) is 24.7 Å². The average Bonchev–Trinajstić information content (AvgIpc) is 3.52. The number of carbonyl (C=O) groups is 2. The van der Waals surface area contributed by atoms with Gasteiger partial charge in [0.2, 0.25) is 0 Å². The van der Waals surface area contributed by atoms with E-state index in [9.17, 15) is 14.0 Å². The summed E-state index contributed by atoms with van der Waals surface area (Å²) in [6.07, 6.45) is 1.59. The van der Waals surface area contributed by atoms with Crippen molar-refractivity contribution in [1.29, 1.82) is 0 Å². The summed E-state index contributed by atoms with van der Waals surface area (Å²) < 4.78 is 41.5. The van der Waals surface area contributed by atoms with Crippen molar-refractivity contribution in [2.75, 3.05) is 46.4 Å². The molecule has 1 N–H and O–H groups in total. The van der Waals surface area contributed by atoms with Gasteiger partial charge in [0.15, 0.2) is 17.3 Å². The van der Waals surface area contributed by atoms with Crippen molar-refractivity contribution in [2.24, 2.45) is 0 Å². The topological polar surface area (TPSA) is 112 Å². The van der Waals surface area contributed by atoms with Gasteiger partial charge >= 0.3 is 11.6 Å². The van der Waals surface area contributed by atoms with E-state index in [1.807, 2.05) is 17.0 Å². The van der Waals surface area contributed by atoms with Crippen molar-refractivity contribution in [3.8, 4) is 5.75 Å². The molecular formula is C36H41FN4O6S. The number of piperidine rings is 1. The number of likely N-dealkylation sites (tertiary alicyclic amines) is 1. The maximum absolute atomic E-state index is 14.1. The first-order chi connectivity index (χ1) is 23.2. The fourth-order valence-corrected chi connectivity index (χ4v) is 6.30. The maximum atomic E-state index is 14.1. The number of furan rings is 1. The molecule has 2 amide bonds. The Balaban J connectivity index is 0.00000145. The highest BCUT2D eigenvalue weighted by molar-refractivity contribution is 7.51. The number of nitrogens with zero attached hydrogens (tertiary/aromatic N) is 3. The van der Waals surface area contributed by atoms with Crippen molar-refractivity contribution in [3.05, 3.63) is 100 Å². The number of amides is 2. The Labute approximate surface area is 283 Å². The Morgan fingerprint density at radius 1 is 0.854 bits per heavy atom. The normalized spacial score (nSPS) is 15.9. The summed E-state index contributed by atoms with van der Waals surface area (Å²) in [6.45, 7) is 10.4. The summed E-state index contributed by atoms with van der Waals surface area (Å²) in [5, 5.41) is 3.84. The van der Waals surface area contributed by atoms with E-state index >= 15 is 0 Å². The van der Waals surface area contributed by atoms with E-state index in [-0.39, 0.29) is 35.2 Å². The molecule has 3 heterocycles. The van der Waals surface area contributed by atoms with Crippen molar-refractivity contribution in [2.45, 2.75) is 45.8 Å². The zero-order valence-corrected chi connectivity index (χ0v) is 28.3. The molecule has 2 aliphatic rings. The number of halogens is 1. The van der Waals surface area contributed by atoms with Crippen LogP contribution in [0.3, 0.4) is 0 Å². The molecule has 6 rings (SSSR count). The van der Waals surface area contributed by atoms with Crippen LogP contribution in [-0.4, -0.2) is 87.4 Å². The first-order valence-electron chi connectivity index (χ1n) is 16.1. The molecular weight excluding hydrogens is 635 g/mol. The molecule has 0 unspecified atom stereocenters. The number of fused-ring (bicyclic) bond motifs is 1. The molecule has 0 atom stereocenters. The molecule has 2 saturated heterocycles. The van der Waals surface area contributed by atoms with Gasteiger partial charge in [-0.15, -0.1) is 0 Å². The Morgan fingerprint density at radius 3 is 2.15 bits per heavy atom. The monoisotopic (exact) mass is 676 g/mol. The van der Waals surface area contributed by atoms with Gasteiger partial charge in [-0.3, -0.25) is 19.4 Å². The SMILES string of the molecule is COc1ccc(CN2CCC(NC(=O)c3cc4cc(C(=O)N5CCN(Cc6ccc(C)c(C)c6)CC5)ccc4o3)CC2)cc1F.O=S=O. The zero-order chi connectivity index (χ0) is 34.2. The largest absolute Gasteiger partial charge is 0.494 e. The van der Waals surface area contributed by atoms with Crippen LogP contribution in [0.2, 0.25) is 0 Å². The minimum Gasteiger partial charge on any atom is -0.494 e. The van der Waals surface area contributed by atoms with Gasteiger partial charge in [0.1, 0.15) is 5.58 Å². The summed E-state index contributed by atoms with van der Waals surface area (Å²) in [7, 11) is 1.46. The van der Waals surface area contributed by atoms with Gasteiger partial charge in [-0.05, 0) is 85.3 Å². The average molecular weight is 677 g/mol. The van der Waals surface area contributed by atoms with E-state index in [0.29, 0.717) is 30.8 Å². The van der Waals surface area contributed by atoms with Crippen molar-refractivity contribution in [3.63, 3.8) is 0 Å². The van der Waals surface area contributed by atoms with Crippen molar-refractivity contribution < 1.29 is 31.6 Å². The summed E-state index contributed by atoms with van der Waals surface area (Å²) in [5.41, 5.74) is 5.98. The molecule has 0 saturated carbocycles. The van der Waals surface area contributed by atoms with Crippen LogP contribution in [0.1, 0.15) is 56.0 Å². The first kappa shape index (κ1) is 34.9. The highest BCUT2D eigenvalue weighted by Crippen LogP contribution is 2.24. The number of hydrogen-bond acceptors (Lipinski definition) is 8. The zero-order valence-electron chi connectivity index (χ0n) is 27.5. The Bertz CT molecular complexity index is 1790. The molecule has 0 aliphatic carbocycles.